The highest BCUT2D eigenvalue weighted by molar-refractivity contribution is 6.08. The van der Waals surface area contributed by atoms with Crippen LogP contribution in [0.25, 0.3) is 0 Å². The molecule has 9 nitrogen and oxygen atoms in total. The van der Waals surface area contributed by atoms with Gasteiger partial charge in [0.05, 0.1) is 18.1 Å². The Morgan fingerprint density at radius 1 is 0.821 bits per heavy atom. The molecule has 4 rings (SSSR count). The lowest BCUT2D eigenvalue weighted by molar-refractivity contribution is -0.111. The number of carbonyl (C=O) groups excluding carboxylic acids is 3. The highest BCUT2D eigenvalue weighted by Gasteiger charge is 2.13. The van der Waals surface area contributed by atoms with Crippen molar-refractivity contribution in [3.8, 4) is 0 Å². The van der Waals surface area contributed by atoms with Crippen LogP contribution < -0.4 is 21.3 Å². The normalized spacial score (nSPS) is 10.3. The van der Waals surface area contributed by atoms with E-state index in [1.165, 1.54) is 18.5 Å². The fourth-order valence-corrected chi connectivity index (χ4v) is 3.55. The zero-order valence-corrected chi connectivity index (χ0v) is 21.0. The number of alkyl halides is 1. The Morgan fingerprint density at radius 3 is 2.18 bits per heavy atom. The monoisotopic (exact) mass is 524 g/mol. The Labute approximate surface area is 224 Å². The lowest BCUT2D eigenvalue weighted by atomic mass is 10.1. The molecule has 0 radical (unpaired) electrons. The number of nitrogens with zero attached hydrogens (tertiary/aromatic N) is 2. The molecule has 39 heavy (non-hydrogen) atoms. The predicted octanol–water partition coefficient (Wildman–Crippen LogP) is 5.63. The Bertz CT molecular complexity index is 1520. The number of aromatic nitrogens is 2. The molecule has 0 bridgehead atoms. The van der Waals surface area contributed by atoms with E-state index in [-0.39, 0.29) is 11.8 Å². The van der Waals surface area contributed by atoms with E-state index >= 15 is 0 Å². The standard InChI is InChI=1S/C29H25FN6O3/c1-3-26(37)33-21-5-4-6-22(13-21)36-29-31-16-24(17-32-29)35-28(39)25-14-23(12-7-18(25)2)34-27(38)20-10-8-19(15-30)9-11-20/h3-14,16-17H,1,15H2,2H3,(H,33,37)(H,34,38)(H,35,39)(H,31,32,36). The molecule has 1 heterocycles. The van der Waals surface area contributed by atoms with Crippen molar-refractivity contribution in [1.82, 2.24) is 9.97 Å². The first-order valence-corrected chi connectivity index (χ1v) is 11.9. The van der Waals surface area contributed by atoms with E-state index in [0.717, 1.165) is 0 Å². The van der Waals surface area contributed by atoms with E-state index in [2.05, 4.69) is 37.8 Å². The van der Waals surface area contributed by atoms with Crippen molar-refractivity contribution in [3.05, 3.63) is 114 Å². The Hall–Kier alpha value is -5.38. The van der Waals surface area contributed by atoms with Crippen LogP contribution in [0.4, 0.5) is 33.1 Å². The van der Waals surface area contributed by atoms with Crippen LogP contribution in [-0.2, 0) is 11.5 Å². The largest absolute Gasteiger partial charge is 0.324 e. The molecule has 0 aliphatic heterocycles. The summed E-state index contributed by atoms with van der Waals surface area (Å²) in [6, 6.07) is 18.2. The van der Waals surface area contributed by atoms with Gasteiger partial charge in [-0.25, -0.2) is 14.4 Å². The maximum Gasteiger partial charge on any atom is 0.256 e. The van der Waals surface area contributed by atoms with Gasteiger partial charge in [0.25, 0.3) is 11.8 Å². The van der Waals surface area contributed by atoms with Crippen LogP contribution in [0, 0.1) is 6.92 Å². The number of carbonyl (C=O) groups is 3. The molecular formula is C29H25FN6O3. The number of hydrogen-bond acceptors (Lipinski definition) is 6. The van der Waals surface area contributed by atoms with E-state index in [0.29, 0.717) is 51.0 Å². The van der Waals surface area contributed by atoms with Gasteiger partial charge in [-0.05, 0) is 66.6 Å². The molecule has 0 aliphatic rings. The van der Waals surface area contributed by atoms with Gasteiger partial charge < -0.3 is 21.3 Å². The van der Waals surface area contributed by atoms with Crippen LogP contribution >= 0.6 is 0 Å². The number of aryl methyl sites for hydroxylation is 1. The van der Waals surface area contributed by atoms with Crippen molar-refractivity contribution < 1.29 is 18.8 Å². The van der Waals surface area contributed by atoms with E-state index in [4.69, 9.17) is 0 Å². The Kier molecular flexibility index (Phi) is 8.37. The molecule has 0 atom stereocenters. The van der Waals surface area contributed by atoms with Crippen LogP contribution in [0.1, 0.15) is 31.8 Å². The lowest BCUT2D eigenvalue weighted by Gasteiger charge is -2.11. The van der Waals surface area contributed by atoms with Crippen LogP contribution in [0.15, 0.2) is 91.8 Å². The second-order valence-electron chi connectivity index (χ2n) is 8.46. The SMILES string of the molecule is C=CC(=O)Nc1cccc(Nc2ncc(NC(=O)c3cc(NC(=O)c4ccc(CF)cc4)ccc3C)cn2)c1. The van der Waals surface area contributed by atoms with Gasteiger partial charge in [-0.15, -0.1) is 0 Å². The molecule has 4 aromatic rings. The van der Waals surface area contributed by atoms with Gasteiger partial charge in [-0.1, -0.05) is 30.8 Å². The maximum absolute atomic E-state index is 13.0. The summed E-state index contributed by atoms with van der Waals surface area (Å²) < 4.78 is 12.7. The van der Waals surface area contributed by atoms with Gasteiger partial charge in [0.15, 0.2) is 0 Å². The van der Waals surface area contributed by atoms with E-state index in [1.807, 2.05) is 0 Å². The Morgan fingerprint density at radius 2 is 1.49 bits per heavy atom. The smallest absolute Gasteiger partial charge is 0.256 e. The minimum atomic E-state index is -0.603. The topological polar surface area (TPSA) is 125 Å². The molecule has 10 heteroatoms. The average Bonchev–Trinajstić information content (AvgIpc) is 2.95. The lowest BCUT2D eigenvalue weighted by Crippen LogP contribution is -2.16. The quantitative estimate of drug-likeness (QED) is 0.210. The average molecular weight is 525 g/mol. The molecule has 1 aromatic heterocycles. The van der Waals surface area contributed by atoms with Crippen molar-refractivity contribution in [2.24, 2.45) is 0 Å². The number of nitrogens with one attached hydrogen (secondary N) is 4. The summed E-state index contributed by atoms with van der Waals surface area (Å²) in [5.41, 5.74) is 3.97. The summed E-state index contributed by atoms with van der Waals surface area (Å²) in [4.78, 5) is 45.5. The van der Waals surface area contributed by atoms with Crippen LogP contribution in [0.2, 0.25) is 0 Å². The zero-order valence-electron chi connectivity index (χ0n) is 21.0. The number of halogens is 1. The molecular weight excluding hydrogens is 499 g/mol. The van der Waals surface area contributed by atoms with Crippen molar-refractivity contribution in [2.45, 2.75) is 13.6 Å². The third kappa shape index (κ3) is 7.10. The summed E-state index contributed by atoms with van der Waals surface area (Å²) in [6.07, 6.45) is 4.09. The molecule has 3 aromatic carbocycles. The van der Waals surface area contributed by atoms with Gasteiger partial charge in [-0.2, -0.15) is 0 Å². The van der Waals surface area contributed by atoms with Crippen molar-refractivity contribution in [2.75, 3.05) is 21.3 Å². The minimum absolute atomic E-state index is 0.292. The number of amides is 3. The third-order valence-electron chi connectivity index (χ3n) is 5.59. The maximum atomic E-state index is 13.0. The van der Waals surface area contributed by atoms with Crippen LogP contribution in [0.3, 0.4) is 0 Å². The van der Waals surface area contributed by atoms with Gasteiger partial charge in [0.1, 0.15) is 6.67 Å². The fraction of sp³-hybridized carbons (Fsp3) is 0.0690. The molecule has 0 unspecified atom stereocenters. The summed E-state index contributed by atoms with van der Waals surface area (Å²) in [6.45, 7) is 4.61. The molecule has 0 aliphatic carbocycles. The minimum Gasteiger partial charge on any atom is -0.324 e. The number of rotatable bonds is 9. The van der Waals surface area contributed by atoms with Crippen molar-refractivity contribution in [3.63, 3.8) is 0 Å². The highest BCUT2D eigenvalue weighted by atomic mass is 19.1. The third-order valence-corrected chi connectivity index (χ3v) is 5.59. The molecule has 196 valence electrons. The molecule has 3 amide bonds. The van der Waals surface area contributed by atoms with Gasteiger partial charge in [0, 0.05) is 28.2 Å². The summed E-state index contributed by atoms with van der Waals surface area (Å²) >= 11 is 0. The van der Waals surface area contributed by atoms with Gasteiger partial charge in [-0.3, -0.25) is 14.4 Å². The Balaban J connectivity index is 1.40. The number of hydrogen-bond donors (Lipinski definition) is 4. The molecule has 4 N–H and O–H groups in total. The first kappa shape index (κ1) is 26.7. The number of anilines is 5. The van der Waals surface area contributed by atoms with Gasteiger partial charge in [0.2, 0.25) is 11.9 Å². The first-order valence-electron chi connectivity index (χ1n) is 11.9. The number of benzene rings is 3. The van der Waals surface area contributed by atoms with Crippen LogP contribution in [0.5, 0.6) is 0 Å². The highest BCUT2D eigenvalue weighted by Crippen LogP contribution is 2.20. The zero-order chi connectivity index (χ0) is 27.8. The molecule has 0 fully saturated rings. The van der Waals surface area contributed by atoms with E-state index < -0.39 is 12.6 Å². The predicted molar refractivity (Wildman–Crippen MR) is 149 cm³/mol. The first-order chi connectivity index (χ1) is 18.8. The van der Waals surface area contributed by atoms with Crippen molar-refractivity contribution in [1.29, 1.82) is 0 Å². The second kappa shape index (κ2) is 12.2. The molecule has 0 saturated carbocycles. The summed E-state index contributed by atoms with van der Waals surface area (Å²) in [7, 11) is 0. The fourth-order valence-electron chi connectivity index (χ4n) is 3.55. The molecule has 0 spiro atoms. The van der Waals surface area contributed by atoms with E-state index in [9.17, 15) is 18.8 Å². The molecule has 0 saturated heterocycles. The summed E-state index contributed by atoms with van der Waals surface area (Å²) in [5, 5.41) is 11.2. The van der Waals surface area contributed by atoms with Crippen LogP contribution in [-0.4, -0.2) is 27.7 Å². The van der Waals surface area contributed by atoms with Crippen molar-refractivity contribution >= 4 is 46.4 Å². The van der Waals surface area contributed by atoms with Gasteiger partial charge >= 0.3 is 0 Å². The summed E-state index contributed by atoms with van der Waals surface area (Å²) in [5.74, 6) is -0.802. The second-order valence-corrected chi connectivity index (χ2v) is 8.46. The van der Waals surface area contributed by atoms with E-state index in [1.54, 1.807) is 73.7 Å².